The first kappa shape index (κ1) is 14.6. The number of hydrogen-bond donors (Lipinski definition) is 3. The molecule has 1 atom stereocenters. The van der Waals surface area contributed by atoms with E-state index in [1.165, 1.54) is 0 Å². The minimum Gasteiger partial charge on any atom is -0.384 e. The number of thiocarbonyl (C=S) groups is 1. The second-order valence-corrected chi connectivity index (χ2v) is 7.78. The molecule has 0 aliphatic carbocycles. The van der Waals surface area contributed by atoms with E-state index in [1.54, 1.807) is 0 Å². The van der Waals surface area contributed by atoms with Gasteiger partial charge in [0.2, 0.25) is 0 Å². The van der Waals surface area contributed by atoms with Gasteiger partial charge >= 0.3 is 7.60 Å². The van der Waals surface area contributed by atoms with Crippen LogP contribution < -0.4 is 5.73 Å². The van der Waals surface area contributed by atoms with Gasteiger partial charge in [-0.15, -0.1) is 0 Å². The fourth-order valence-electron chi connectivity index (χ4n) is 0.538. The minimum absolute atomic E-state index is 0.0263. The van der Waals surface area contributed by atoms with Crippen LogP contribution in [0.25, 0.3) is 0 Å². The fourth-order valence-corrected chi connectivity index (χ4v) is 3.14. The second kappa shape index (κ2) is 6.95. The fraction of sp³-hybridized carbons (Fsp3) is 0.750. The summed E-state index contributed by atoms with van der Waals surface area (Å²) in [5, 5.41) is 0. The van der Waals surface area contributed by atoms with Crippen molar-refractivity contribution in [2.75, 3.05) is 12.8 Å². The highest BCUT2D eigenvalue weighted by molar-refractivity contribution is 8.61. The Morgan fingerprint density at radius 2 is 2.21 bits per heavy atom. The van der Waals surface area contributed by atoms with Crippen LogP contribution in [0.5, 0.6) is 0 Å². The zero-order valence-electron chi connectivity index (χ0n) is 7.08. The van der Waals surface area contributed by atoms with E-state index in [-0.39, 0.29) is 23.5 Å². The van der Waals surface area contributed by atoms with E-state index in [4.69, 9.17) is 20.0 Å². The molecule has 0 amide bonds. The van der Waals surface area contributed by atoms with Crippen LogP contribution >= 0.6 is 38.4 Å². The van der Waals surface area contributed by atoms with Crippen LogP contribution in [0, 0.1) is 0 Å². The van der Waals surface area contributed by atoms with E-state index in [2.05, 4.69) is 12.2 Å². The molecule has 0 spiro atoms. The Hall–Kier alpha value is 0.580. The second-order valence-electron chi connectivity index (χ2n) is 2.26. The molecule has 0 aromatic heterocycles. The van der Waals surface area contributed by atoms with E-state index in [0.717, 1.165) is 11.4 Å². The van der Waals surface area contributed by atoms with Crippen LogP contribution in [0.3, 0.4) is 0 Å². The Bertz CT molecular complexity index is 266. The van der Waals surface area contributed by atoms with Gasteiger partial charge in [-0.2, -0.15) is 0 Å². The topological polar surface area (TPSA) is 110 Å². The van der Waals surface area contributed by atoms with Gasteiger partial charge in [0.1, 0.15) is 4.32 Å². The molecule has 6 nitrogen and oxygen atoms in total. The van der Waals surface area contributed by atoms with Crippen molar-refractivity contribution in [2.45, 2.75) is 6.42 Å². The molecule has 0 aliphatic heterocycles. The van der Waals surface area contributed by atoms with E-state index in [9.17, 15) is 9.13 Å². The first-order chi connectivity index (χ1) is 6.31. The number of hydrogen-bond acceptors (Lipinski definition) is 5. The van der Waals surface area contributed by atoms with Crippen LogP contribution in [0.4, 0.5) is 0 Å². The summed E-state index contributed by atoms with van der Waals surface area (Å²) in [6, 6.07) is 0. The lowest BCUT2D eigenvalue weighted by molar-refractivity contribution is 0.326. The maximum atomic E-state index is 10.9. The van der Waals surface area contributed by atoms with Crippen LogP contribution in [0.15, 0.2) is 0 Å². The third-order valence-electron chi connectivity index (χ3n) is 0.998. The van der Waals surface area contributed by atoms with Gasteiger partial charge in [0.15, 0.2) is 0 Å². The average Bonchev–Trinajstić information content (AvgIpc) is 1.95. The maximum Gasteiger partial charge on any atom is 0.325 e. The van der Waals surface area contributed by atoms with Crippen molar-refractivity contribution >= 4 is 42.7 Å². The van der Waals surface area contributed by atoms with Crippen molar-refractivity contribution in [2.24, 2.45) is 5.73 Å². The highest BCUT2D eigenvalue weighted by Gasteiger charge is 2.12. The summed E-state index contributed by atoms with van der Waals surface area (Å²) >= 11 is 5.22. The third kappa shape index (κ3) is 10.7. The standard InChI is InChI=1S/C4H11NO5P2S2/c5-4(13)14-11(6)10-2-1-3-12(7,8)9/h11H,1-3H2,(H2,5,13)(H2,7,8,9). The van der Waals surface area contributed by atoms with Gasteiger partial charge in [-0.25, -0.2) is 0 Å². The molecule has 0 fully saturated rings. The van der Waals surface area contributed by atoms with Gasteiger partial charge in [-0.1, -0.05) is 12.2 Å². The van der Waals surface area contributed by atoms with Crippen LogP contribution in [0.1, 0.15) is 6.42 Å². The van der Waals surface area contributed by atoms with Crippen molar-refractivity contribution in [3.8, 4) is 0 Å². The van der Waals surface area contributed by atoms with E-state index in [0.29, 0.717) is 0 Å². The Balaban J connectivity index is 3.51. The molecule has 14 heavy (non-hydrogen) atoms. The lowest BCUT2D eigenvalue weighted by atomic mass is 10.5. The van der Waals surface area contributed by atoms with Gasteiger partial charge < -0.3 is 20.0 Å². The van der Waals surface area contributed by atoms with Gasteiger partial charge in [0.25, 0.3) is 7.23 Å². The van der Waals surface area contributed by atoms with Crippen molar-refractivity contribution in [1.82, 2.24) is 0 Å². The van der Waals surface area contributed by atoms with Gasteiger partial charge in [0, 0.05) is 0 Å². The summed E-state index contributed by atoms with van der Waals surface area (Å²) in [5.41, 5.74) is 5.08. The lowest BCUT2D eigenvalue weighted by Gasteiger charge is -2.04. The first-order valence-electron chi connectivity index (χ1n) is 3.50. The summed E-state index contributed by atoms with van der Waals surface area (Å²) in [4.78, 5) is 16.9. The molecule has 0 rings (SSSR count). The van der Waals surface area contributed by atoms with Crippen molar-refractivity contribution in [3.63, 3.8) is 0 Å². The Kier molecular flexibility index (Phi) is 7.24. The van der Waals surface area contributed by atoms with E-state index < -0.39 is 14.8 Å². The number of nitrogens with two attached hydrogens (primary N) is 1. The molecule has 84 valence electrons. The molecule has 0 radical (unpaired) electrons. The molecule has 0 aromatic carbocycles. The zero-order chi connectivity index (χ0) is 11.2. The summed E-state index contributed by atoms with van der Waals surface area (Å²) in [6.07, 6.45) is -0.127. The molecule has 0 heterocycles. The van der Waals surface area contributed by atoms with Crippen LogP contribution in [-0.2, 0) is 13.7 Å². The predicted octanol–water partition coefficient (Wildman–Crippen LogP) is 0.937. The molecule has 0 aromatic rings. The van der Waals surface area contributed by atoms with Crippen molar-refractivity contribution < 1.29 is 23.4 Å². The summed E-state index contributed by atoms with van der Waals surface area (Å²) in [7, 11) is -6.34. The molecular weight excluding hydrogens is 268 g/mol. The minimum atomic E-state index is -3.98. The molecule has 0 aliphatic rings. The Morgan fingerprint density at radius 1 is 1.64 bits per heavy atom. The zero-order valence-corrected chi connectivity index (χ0v) is 10.6. The summed E-state index contributed by atoms with van der Waals surface area (Å²) in [5.74, 6) is 0. The Labute approximate surface area is 91.4 Å². The van der Waals surface area contributed by atoms with Crippen molar-refractivity contribution in [1.29, 1.82) is 0 Å². The van der Waals surface area contributed by atoms with Gasteiger partial charge in [0.05, 0.1) is 12.8 Å². The predicted molar refractivity (Wildman–Crippen MR) is 60.9 cm³/mol. The average molecular weight is 279 g/mol. The number of rotatable bonds is 6. The maximum absolute atomic E-state index is 10.9. The van der Waals surface area contributed by atoms with Gasteiger partial charge in [-0.05, 0) is 17.8 Å². The highest BCUT2D eigenvalue weighted by Crippen LogP contribution is 2.40. The SMILES string of the molecule is NC(=S)S[PH](=O)OCCCP(=O)(O)O. The smallest absolute Gasteiger partial charge is 0.325 e. The van der Waals surface area contributed by atoms with Crippen LogP contribution in [0.2, 0.25) is 0 Å². The molecule has 0 bridgehead atoms. The van der Waals surface area contributed by atoms with Crippen LogP contribution in [-0.4, -0.2) is 26.9 Å². The quantitative estimate of drug-likeness (QED) is 0.374. The molecule has 1 unspecified atom stereocenters. The normalized spacial score (nSPS) is 13.9. The van der Waals surface area contributed by atoms with Crippen molar-refractivity contribution in [3.05, 3.63) is 0 Å². The Morgan fingerprint density at radius 3 is 2.64 bits per heavy atom. The monoisotopic (exact) mass is 279 g/mol. The van der Waals surface area contributed by atoms with E-state index in [1.807, 2.05) is 0 Å². The molecule has 4 N–H and O–H groups in total. The summed E-state index contributed by atoms with van der Waals surface area (Å²) < 4.78 is 26.1. The molecule has 10 heteroatoms. The highest BCUT2D eigenvalue weighted by atomic mass is 32.7. The summed E-state index contributed by atoms with van der Waals surface area (Å²) in [6.45, 7) is 0.0263. The van der Waals surface area contributed by atoms with Gasteiger partial charge in [-0.3, -0.25) is 9.13 Å². The first-order valence-corrected chi connectivity index (χ1v) is 8.56. The largest absolute Gasteiger partial charge is 0.384 e. The third-order valence-corrected chi connectivity index (χ3v) is 4.91. The lowest BCUT2D eigenvalue weighted by Crippen LogP contribution is -2.00. The molecule has 0 saturated heterocycles. The molecule has 0 saturated carbocycles. The van der Waals surface area contributed by atoms with E-state index >= 15 is 0 Å². The molecular formula is C4H11NO5P2S2.